The Balaban J connectivity index is 0.000000409. The van der Waals surface area contributed by atoms with Gasteiger partial charge in [0.25, 0.3) is 0 Å². The summed E-state index contributed by atoms with van der Waals surface area (Å²) in [6.07, 6.45) is 0.00116. The van der Waals surface area contributed by atoms with E-state index in [-0.39, 0.29) is 19.3 Å². The smallest absolute Gasteiger partial charge is 0.320 e. The number of aliphatic carboxylic acids is 3. The largest absolute Gasteiger partial charge is 0.481 e. The van der Waals surface area contributed by atoms with Crippen LogP contribution in [0.1, 0.15) is 18.5 Å². The Bertz CT molecular complexity index is 520. The molecule has 2 atom stereocenters. The van der Waals surface area contributed by atoms with E-state index in [9.17, 15) is 14.4 Å². The highest BCUT2D eigenvalue weighted by Gasteiger charge is 2.13. The molecule has 0 fully saturated rings. The van der Waals surface area contributed by atoms with Crippen LogP contribution in [-0.4, -0.2) is 50.3 Å². The first kappa shape index (κ1) is 19.8. The second-order valence-corrected chi connectivity index (χ2v) is 5.09. The van der Waals surface area contributed by atoms with Crippen LogP contribution in [0, 0.1) is 0 Å². The molecule has 1 rings (SSSR count). The van der Waals surface area contributed by atoms with Gasteiger partial charge in [0.2, 0.25) is 0 Å². The molecule has 0 saturated heterocycles. The number of hydrogen-bond donors (Lipinski definition) is 6. The lowest BCUT2D eigenvalue weighted by Gasteiger charge is -2.01. The Labute approximate surface area is 129 Å². The molecule has 0 aliphatic heterocycles. The van der Waals surface area contributed by atoms with Gasteiger partial charge in [-0.1, -0.05) is 0 Å². The molecular weight excluding hydrogens is 316 g/mol. The van der Waals surface area contributed by atoms with Gasteiger partial charge < -0.3 is 32.5 Å². The van der Waals surface area contributed by atoms with E-state index in [4.69, 9.17) is 32.5 Å². The highest BCUT2D eigenvalue weighted by molar-refractivity contribution is 7.13. The molecule has 0 saturated carbocycles. The molecule has 0 aliphatic carbocycles. The number of nitrogens with two attached hydrogens (primary N) is 3. The van der Waals surface area contributed by atoms with Gasteiger partial charge in [-0.2, -0.15) is 0 Å². The zero-order chi connectivity index (χ0) is 17.3. The minimum Gasteiger partial charge on any atom is -0.481 e. The van der Waals surface area contributed by atoms with Crippen LogP contribution in [0.2, 0.25) is 0 Å². The van der Waals surface area contributed by atoms with E-state index < -0.39 is 30.0 Å². The van der Waals surface area contributed by atoms with Crippen molar-refractivity contribution in [3.8, 4) is 0 Å². The van der Waals surface area contributed by atoms with E-state index in [1.165, 1.54) is 11.3 Å². The molecule has 11 heteroatoms. The van der Waals surface area contributed by atoms with Gasteiger partial charge in [0, 0.05) is 18.2 Å². The highest BCUT2D eigenvalue weighted by Crippen LogP contribution is 2.11. The summed E-state index contributed by atoms with van der Waals surface area (Å²) >= 11 is 1.28. The number of rotatable bonds is 7. The van der Waals surface area contributed by atoms with Crippen LogP contribution in [0.3, 0.4) is 0 Å². The second kappa shape index (κ2) is 9.65. The van der Waals surface area contributed by atoms with Crippen molar-refractivity contribution >= 4 is 34.4 Å². The lowest BCUT2D eigenvalue weighted by molar-refractivity contribution is -0.140. The Kier molecular flexibility index (Phi) is 8.67. The van der Waals surface area contributed by atoms with Crippen LogP contribution in [0.4, 0.5) is 5.13 Å². The monoisotopic (exact) mass is 334 g/mol. The number of aromatic nitrogens is 1. The predicted molar refractivity (Wildman–Crippen MR) is 78.3 cm³/mol. The summed E-state index contributed by atoms with van der Waals surface area (Å²) in [6.45, 7) is 0. The fourth-order valence-electron chi connectivity index (χ4n) is 1.13. The van der Waals surface area contributed by atoms with Crippen LogP contribution < -0.4 is 17.2 Å². The van der Waals surface area contributed by atoms with Crippen LogP contribution in [0.25, 0.3) is 0 Å². The number of hydrogen-bond acceptors (Lipinski definition) is 8. The van der Waals surface area contributed by atoms with Crippen molar-refractivity contribution in [3.05, 3.63) is 11.1 Å². The quantitative estimate of drug-likeness (QED) is 0.356. The third-order valence-electron chi connectivity index (χ3n) is 2.30. The fraction of sp³-hybridized carbons (Fsp3) is 0.455. The molecule has 1 aromatic heterocycles. The zero-order valence-corrected chi connectivity index (χ0v) is 12.3. The summed E-state index contributed by atoms with van der Waals surface area (Å²) in [5.41, 5.74) is 16.3. The molecule has 0 unspecified atom stereocenters. The number of thiazole rings is 1. The van der Waals surface area contributed by atoms with E-state index in [0.29, 0.717) is 10.8 Å². The Hall–Kier alpha value is -2.24. The van der Waals surface area contributed by atoms with Gasteiger partial charge in [0.15, 0.2) is 5.13 Å². The first-order chi connectivity index (χ1) is 10.1. The fourth-order valence-corrected chi connectivity index (χ4v) is 1.71. The molecule has 124 valence electrons. The maximum Gasteiger partial charge on any atom is 0.320 e. The average Bonchev–Trinajstić information content (AvgIpc) is 2.81. The number of carboxylic acids is 3. The first-order valence-electron chi connectivity index (χ1n) is 6.02. The van der Waals surface area contributed by atoms with Crippen LogP contribution in [0.5, 0.6) is 0 Å². The van der Waals surface area contributed by atoms with E-state index in [1.807, 2.05) is 0 Å². The van der Waals surface area contributed by atoms with E-state index in [2.05, 4.69) is 4.98 Å². The molecule has 0 aliphatic rings. The summed E-state index contributed by atoms with van der Waals surface area (Å²) in [5.74, 6) is -3.22. The summed E-state index contributed by atoms with van der Waals surface area (Å²) in [4.78, 5) is 34.1. The molecule has 1 aromatic rings. The van der Waals surface area contributed by atoms with E-state index in [0.717, 1.165) is 0 Å². The van der Waals surface area contributed by atoms with Crippen molar-refractivity contribution in [2.75, 3.05) is 5.73 Å². The van der Waals surface area contributed by atoms with E-state index in [1.54, 1.807) is 5.38 Å². The molecule has 0 bridgehead atoms. The number of nitrogens with zero attached hydrogens (tertiary/aromatic N) is 1. The Morgan fingerprint density at radius 3 is 2.05 bits per heavy atom. The van der Waals surface area contributed by atoms with Gasteiger partial charge >= 0.3 is 17.9 Å². The number of carbonyl (C=O) groups is 3. The normalized spacial score (nSPS) is 12.6. The lowest BCUT2D eigenvalue weighted by atomic mass is 10.2. The highest BCUT2D eigenvalue weighted by atomic mass is 32.1. The molecular formula is C11H18N4O6S. The average molecular weight is 334 g/mol. The number of anilines is 1. The van der Waals surface area contributed by atoms with Crippen molar-refractivity contribution in [3.63, 3.8) is 0 Å². The maximum absolute atomic E-state index is 10.3. The Morgan fingerprint density at radius 2 is 1.68 bits per heavy atom. The van der Waals surface area contributed by atoms with Gasteiger partial charge in [0.1, 0.15) is 12.1 Å². The van der Waals surface area contributed by atoms with Gasteiger partial charge in [-0.3, -0.25) is 14.4 Å². The predicted octanol–water partition coefficient (Wildman–Crippen LogP) is -1.06. The minimum absolute atomic E-state index is 0.0231. The molecule has 0 spiro atoms. The van der Waals surface area contributed by atoms with Crippen LogP contribution >= 0.6 is 11.3 Å². The molecule has 22 heavy (non-hydrogen) atoms. The van der Waals surface area contributed by atoms with Crippen molar-refractivity contribution in [1.29, 1.82) is 0 Å². The molecule has 0 aromatic carbocycles. The van der Waals surface area contributed by atoms with Gasteiger partial charge in [-0.15, -0.1) is 11.3 Å². The van der Waals surface area contributed by atoms with Crippen molar-refractivity contribution in [1.82, 2.24) is 4.98 Å². The lowest BCUT2D eigenvalue weighted by Crippen LogP contribution is -2.32. The standard InChI is InChI=1S/C6H9N3O2S.C5H9NO4/c7-4(5(10)11)1-3-2-12-6(8)9-3;6-3(5(9)10)1-2-4(7)8/h2,4H,1,7H2,(H2,8,9)(H,10,11);3H,1-2,6H2,(H,7,8)(H,9,10)/t4-;3-/m00/s1. The van der Waals surface area contributed by atoms with Crippen LogP contribution in [-0.2, 0) is 20.8 Å². The Morgan fingerprint density at radius 1 is 1.14 bits per heavy atom. The summed E-state index contributed by atoms with van der Waals surface area (Å²) in [5, 5.41) is 26.9. The van der Waals surface area contributed by atoms with Crippen LogP contribution in [0.15, 0.2) is 5.38 Å². The van der Waals surface area contributed by atoms with Crippen molar-refractivity contribution in [2.24, 2.45) is 11.5 Å². The molecule has 0 amide bonds. The summed E-state index contributed by atoms with van der Waals surface area (Å²) in [7, 11) is 0. The molecule has 10 nitrogen and oxygen atoms in total. The van der Waals surface area contributed by atoms with Gasteiger partial charge in [0.05, 0.1) is 5.69 Å². The van der Waals surface area contributed by atoms with Gasteiger partial charge in [-0.25, -0.2) is 4.98 Å². The SMILES string of the molecule is N[C@@H](CCC(=O)O)C(=O)O.Nc1nc(C[C@H](N)C(=O)O)cs1. The minimum atomic E-state index is -1.17. The van der Waals surface area contributed by atoms with Crippen molar-refractivity contribution < 1.29 is 29.7 Å². The molecule has 1 heterocycles. The summed E-state index contributed by atoms with van der Waals surface area (Å²) < 4.78 is 0. The second-order valence-electron chi connectivity index (χ2n) is 4.20. The number of nitrogen functional groups attached to an aromatic ring is 1. The maximum atomic E-state index is 10.3. The zero-order valence-electron chi connectivity index (χ0n) is 11.5. The number of carboxylic acid groups (broad SMARTS) is 3. The summed E-state index contributed by atoms with van der Waals surface area (Å²) in [6, 6.07) is -1.96. The first-order valence-corrected chi connectivity index (χ1v) is 6.89. The molecule has 0 radical (unpaired) electrons. The topological polar surface area (TPSA) is 203 Å². The van der Waals surface area contributed by atoms with Crippen molar-refractivity contribution in [2.45, 2.75) is 31.3 Å². The van der Waals surface area contributed by atoms with Gasteiger partial charge in [-0.05, 0) is 6.42 Å². The third kappa shape index (κ3) is 8.84. The van der Waals surface area contributed by atoms with E-state index >= 15 is 0 Å². The third-order valence-corrected chi connectivity index (χ3v) is 3.02. The molecule has 9 N–H and O–H groups in total.